The summed E-state index contributed by atoms with van der Waals surface area (Å²) in [6, 6.07) is 0. The van der Waals surface area contributed by atoms with Gasteiger partial charge < -0.3 is 14.4 Å². The van der Waals surface area contributed by atoms with Crippen LogP contribution in [-0.2, 0) is 19.1 Å². The van der Waals surface area contributed by atoms with Crippen LogP contribution >= 0.6 is 0 Å². The summed E-state index contributed by atoms with van der Waals surface area (Å²) >= 11 is 0. The Bertz CT molecular complexity index is 603. The third-order valence-corrected chi connectivity index (χ3v) is 4.74. The molecule has 3 heterocycles. The van der Waals surface area contributed by atoms with Crippen molar-refractivity contribution in [3.63, 3.8) is 0 Å². The number of amides is 1. The van der Waals surface area contributed by atoms with E-state index in [0.717, 1.165) is 11.1 Å². The number of methoxy groups -OCH3 is 1. The van der Waals surface area contributed by atoms with Crippen LogP contribution in [0.5, 0.6) is 0 Å². The lowest BCUT2D eigenvalue weighted by Gasteiger charge is -2.49. The smallest absolute Gasteiger partial charge is 0.331 e. The Labute approximate surface area is 116 Å². The van der Waals surface area contributed by atoms with E-state index in [4.69, 9.17) is 9.47 Å². The van der Waals surface area contributed by atoms with Gasteiger partial charge in [-0.3, -0.25) is 4.79 Å². The lowest BCUT2D eigenvalue weighted by atomic mass is 9.71. The quantitative estimate of drug-likeness (QED) is 0.661. The van der Waals surface area contributed by atoms with Gasteiger partial charge in [-0.15, -0.1) is 0 Å². The van der Waals surface area contributed by atoms with Gasteiger partial charge in [-0.1, -0.05) is 12.2 Å². The maximum Gasteiger partial charge on any atom is 0.331 e. The zero-order chi connectivity index (χ0) is 13.9. The first-order valence-electron chi connectivity index (χ1n) is 6.82. The number of ether oxygens (including phenoxy) is 2. The van der Waals surface area contributed by atoms with Gasteiger partial charge in [0.1, 0.15) is 6.10 Å². The van der Waals surface area contributed by atoms with Crippen LogP contribution in [0.4, 0.5) is 0 Å². The number of rotatable bonds is 1. The van der Waals surface area contributed by atoms with Crippen LogP contribution in [0.25, 0.3) is 0 Å². The van der Waals surface area contributed by atoms with Gasteiger partial charge in [0.05, 0.1) is 11.6 Å². The first-order chi connectivity index (χ1) is 9.65. The maximum atomic E-state index is 12.3. The molecule has 5 heteroatoms. The Hall–Kier alpha value is -1.88. The molecule has 0 N–H and O–H groups in total. The fourth-order valence-corrected chi connectivity index (χ4v) is 3.87. The van der Waals surface area contributed by atoms with E-state index in [1.165, 1.54) is 0 Å². The Balaban J connectivity index is 1.88. The number of carbonyl (C=O) groups excluding carboxylic acids is 2. The highest BCUT2D eigenvalue weighted by Gasteiger charge is 2.57. The monoisotopic (exact) mass is 273 g/mol. The van der Waals surface area contributed by atoms with Crippen molar-refractivity contribution < 1.29 is 19.1 Å². The normalized spacial score (nSPS) is 38.0. The molecule has 1 saturated heterocycles. The number of piperidine rings is 1. The van der Waals surface area contributed by atoms with E-state index in [0.29, 0.717) is 19.4 Å². The molecular formula is C15H15NO4. The highest BCUT2D eigenvalue weighted by atomic mass is 16.5. The van der Waals surface area contributed by atoms with Crippen molar-refractivity contribution in [3.8, 4) is 0 Å². The van der Waals surface area contributed by atoms with Crippen LogP contribution in [0.3, 0.4) is 0 Å². The van der Waals surface area contributed by atoms with Gasteiger partial charge in [-0.05, 0) is 5.57 Å². The van der Waals surface area contributed by atoms with Crippen LogP contribution < -0.4 is 0 Å². The van der Waals surface area contributed by atoms with E-state index in [1.54, 1.807) is 19.3 Å². The van der Waals surface area contributed by atoms with E-state index in [1.807, 2.05) is 17.1 Å². The Morgan fingerprint density at radius 2 is 2.25 bits per heavy atom. The number of esters is 1. The van der Waals surface area contributed by atoms with E-state index in [-0.39, 0.29) is 24.1 Å². The lowest BCUT2D eigenvalue weighted by molar-refractivity contribution is -0.141. The number of hydrogen-bond donors (Lipinski definition) is 0. The van der Waals surface area contributed by atoms with Crippen molar-refractivity contribution >= 4 is 11.9 Å². The number of hydrogen-bond acceptors (Lipinski definition) is 4. The van der Waals surface area contributed by atoms with E-state index >= 15 is 0 Å². The van der Waals surface area contributed by atoms with Crippen molar-refractivity contribution in [2.24, 2.45) is 0 Å². The largest absolute Gasteiger partial charge is 0.454 e. The first-order valence-corrected chi connectivity index (χ1v) is 6.82. The molecule has 0 radical (unpaired) electrons. The third kappa shape index (κ3) is 1.31. The van der Waals surface area contributed by atoms with E-state index in [9.17, 15) is 9.59 Å². The standard InChI is InChI=1S/C15H15NO4/c1-19-10-3-2-9-6-13(17)16-5-4-12-11(7-14(18)20-12)15(9,16)8-10/h2-3,6-7,10,12H,4-5,8H2,1H3/t10-,12+,15+/m1/s1. The van der Waals surface area contributed by atoms with Crippen molar-refractivity contribution in [2.75, 3.05) is 13.7 Å². The lowest BCUT2D eigenvalue weighted by Crippen LogP contribution is -2.58. The molecule has 0 bridgehead atoms. The molecule has 104 valence electrons. The summed E-state index contributed by atoms with van der Waals surface area (Å²) in [5, 5.41) is 0. The second-order valence-electron chi connectivity index (χ2n) is 5.60. The zero-order valence-corrected chi connectivity index (χ0v) is 11.2. The molecule has 1 spiro atoms. The topological polar surface area (TPSA) is 55.8 Å². The van der Waals surface area contributed by atoms with Gasteiger partial charge in [-0.25, -0.2) is 4.79 Å². The van der Waals surface area contributed by atoms with Gasteiger partial charge >= 0.3 is 5.97 Å². The van der Waals surface area contributed by atoms with E-state index < -0.39 is 5.54 Å². The SMILES string of the molecule is CO[C@@H]1C=CC2=CC(=O)N3CC[C@@H]4OC(=O)C=C4[C@]23C1. The predicted octanol–water partition coefficient (Wildman–Crippen LogP) is 0.724. The third-order valence-electron chi connectivity index (χ3n) is 4.74. The Kier molecular flexibility index (Phi) is 2.27. The van der Waals surface area contributed by atoms with Crippen LogP contribution in [0.15, 0.2) is 35.5 Å². The van der Waals surface area contributed by atoms with Crippen molar-refractivity contribution in [2.45, 2.75) is 30.6 Å². The summed E-state index contributed by atoms with van der Waals surface area (Å²) < 4.78 is 10.8. The molecule has 4 aliphatic rings. The maximum absolute atomic E-state index is 12.3. The van der Waals surface area contributed by atoms with Crippen LogP contribution in [0, 0.1) is 0 Å². The summed E-state index contributed by atoms with van der Waals surface area (Å²) in [7, 11) is 1.66. The molecule has 0 aromatic carbocycles. The van der Waals surface area contributed by atoms with Gasteiger partial charge in [0.15, 0.2) is 0 Å². The molecule has 0 saturated carbocycles. The minimum absolute atomic E-state index is 0.0140. The average Bonchev–Trinajstić information content (AvgIpc) is 2.95. The summed E-state index contributed by atoms with van der Waals surface area (Å²) in [5.41, 5.74) is 1.32. The van der Waals surface area contributed by atoms with E-state index in [2.05, 4.69) is 0 Å². The second kappa shape index (κ2) is 3.82. The van der Waals surface area contributed by atoms with Crippen LogP contribution in [0.1, 0.15) is 12.8 Å². The van der Waals surface area contributed by atoms with Crippen molar-refractivity contribution in [3.05, 3.63) is 35.5 Å². The highest BCUT2D eigenvalue weighted by Crippen LogP contribution is 2.50. The fraction of sp³-hybridized carbons (Fsp3) is 0.467. The summed E-state index contributed by atoms with van der Waals surface area (Å²) in [5.74, 6) is -0.288. The molecule has 4 rings (SSSR count). The van der Waals surface area contributed by atoms with Gasteiger partial charge in [0.2, 0.25) is 5.91 Å². The van der Waals surface area contributed by atoms with Crippen LogP contribution in [-0.4, -0.2) is 48.2 Å². The molecule has 20 heavy (non-hydrogen) atoms. The second-order valence-corrected chi connectivity index (χ2v) is 5.60. The van der Waals surface area contributed by atoms with Crippen molar-refractivity contribution in [1.29, 1.82) is 0 Å². The molecule has 1 amide bonds. The minimum atomic E-state index is -0.540. The Morgan fingerprint density at radius 1 is 1.40 bits per heavy atom. The molecule has 0 unspecified atom stereocenters. The Morgan fingerprint density at radius 3 is 3.05 bits per heavy atom. The molecule has 1 fully saturated rings. The van der Waals surface area contributed by atoms with Gasteiger partial charge in [0, 0.05) is 44.2 Å². The summed E-state index contributed by atoms with van der Waals surface area (Å²) in [6.07, 6.45) is 8.22. The summed E-state index contributed by atoms with van der Waals surface area (Å²) in [4.78, 5) is 25.8. The average molecular weight is 273 g/mol. The fourth-order valence-electron chi connectivity index (χ4n) is 3.87. The minimum Gasteiger partial charge on any atom is -0.454 e. The number of carbonyl (C=O) groups is 2. The zero-order valence-electron chi connectivity index (χ0n) is 11.2. The number of nitrogens with zero attached hydrogens (tertiary/aromatic N) is 1. The molecule has 0 aromatic heterocycles. The number of fused-ring (bicyclic) bond motifs is 1. The molecular weight excluding hydrogens is 258 g/mol. The summed E-state index contributed by atoms with van der Waals surface area (Å²) in [6.45, 7) is 0.610. The molecule has 1 aliphatic carbocycles. The molecule has 3 atom stereocenters. The highest BCUT2D eigenvalue weighted by molar-refractivity contribution is 5.97. The molecule has 3 aliphatic heterocycles. The van der Waals surface area contributed by atoms with Crippen LogP contribution in [0.2, 0.25) is 0 Å². The first kappa shape index (κ1) is 11.9. The van der Waals surface area contributed by atoms with Gasteiger partial charge in [-0.2, -0.15) is 0 Å². The van der Waals surface area contributed by atoms with Crippen molar-refractivity contribution in [1.82, 2.24) is 4.90 Å². The molecule has 0 aromatic rings. The van der Waals surface area contributed by atoms with Gasteiger partial charge in [0.25, 0.3) is 0 Å². The molecule has 5 nitrogen and oxygen atoms in total. The predicted molar refractivity (Wildman–Crippen MR) is 69.7 cm³/mol.